The molecule has 5 heteroatoms. The third-order valence-electron chi connectivity index (χ3n) is 4.01. The lowest BCUT2D eigenvalue weighted by Gasteiger charge is -2.22. The van der Waals surface area contributed by atoms with Gasteiger partial charge in [0.05, 0.1) is 18.7 Å². The zero-order valence-electron chi connectivity index (χ0n) is 13.4. The molecule has 3 rings (SSSR count). The molecule has 0 aliphatic carbocycles. The Morgan fingerprint density at radius 2 is 2.09 bits per heavy atom. The minimum atomic E-state index is 0.00755. The van der Waals surface area contributed by atoms with E-state index < -0.39 is 0 Å². The molecular weight excluding hydrogens is 290 g/mol. The van der Waals surface area contributed by atoms with Crippen molar-refractivity contribution >= 4 is 16.8 Å². The standard InChI is InChI=1S/C18H21N3O2/c1-21(2)16(17-8-5-9-23-17)12-20-18(22)10-13-11-19-15-7-4-3-6-14(13)15/h3-9,11,16,19H,10,12H2,1-2H3,(H,20,22). The summed E-state index contributed by atoms with van der Waals surface area (Å²) in [4.78, 5) is 17.5. The van der Waals surface area contributed by atoms with Gasteiger partial charge in [-0.15, -0.1) is 0 Å². The van der Waals surface area contributed by atoms with Crippen LogP contribution in [0, 0.1) is 0 Å². The summed E-state index contributed by atoms with van der Waals surface area (Å²) in [5, 5.41) is 4.10. The van der Waals surface area contributed by atoms with E-state index in [4.69, 9.17) is 4.42 Å². The SMILES string of the molecule is CN(C)C(CNC(=O)Cc1c[nH]c2ccccc12)c1ccco1. The number of fused-ring (bicyclic) bond motifs is 1. The molecule has 23 heavy (non-hydrogen) atoms. The van der Waals surface area contributed by atoms with Gasteiger partial charge in [-0.25, -0.2) is 0 Å². The highest BCUT2D eigenvalue weighted by atomic mass is 16.3. The summed E-state index contributed by atoms with van der Waals surface area (Å²) in [5.74, 6) is 0.857. The molecule has 120 valence electrons. The molecule has 2 heterocycles. The molecule has 0 radical (unpaired) electrons. The number of nitrogens with zero attached hydrogens (tertiary/aromatic N) is 1. The zero-order chi connectivity index (χ0) is 16.2. The maximum Gasteiger partial charge on any atom is 0.224 e. The number of amides is 1. The van der Waals surface area contributed by atoms with Gasteiger partial charge in [-0.05, 0) is 37.9 Å². The maximum absolute atomic E-state index is 12.3. The molecule has 1 atom stereocenters. The second-order valence-electron chi connectivity index (χ2n) is 5.84. The number of carbonyl (C=O) groups excluding carboxylic acids is 1. The van der Waals surface area contributed by atoms with Crippen LogP contribution in [0.4, 0.5) is 0 Å². The predicted molar refractivity (Wildman–Crippen MR) is 90.1 cm³/mol. The van der Waals surface area contributed by atoms with Crippen molar-refractivity contribution in [3.05, 3.63) is 60.2 Å². The summed E-state index contributed by atoms with van der Waals surface area (Å²) in [7, 11) is 3.94. The molecule has 2 aromatic heterocycles. The van der Waals surface area contributed by atoms with Gasteiger partial charge in [-0.1, -0.05) is 18.2 Å². The third kappa shape index (κ3) is 3.46. The van der Waals surface area contributed by atoms with Gasteiger partial charge in [0.1, 0.15) is 5.76 Å². The van der Waals surface area contributed by atoms with Crippen LogP contribution >= 0.6 is 0 Å². The highest BCUT2D eigenvalue weighted by Crippen LogP contribution is 2.19. The monoisotopic (exact) mass is 311 g/mol. The molecule has 0 aliphatic rings. The van der Waals surface area contributed by atoms with Crippen molar-refractivity contribution < 1.29 is 9.21 Å². The number of carbonyl (C=O) groups is 1. The Hall–Kier alpha value is -2.53. The number of furan rings is 1. The fourth-order valence-electron chi connectivity index (χ4n) is 2.74. The first-order chi connectivity index (χ1) is 11.1. The molecule has 5 nitrogen and oxygen atoms in total. The van der Waals surface area contributed by atoms with Crippen LogP contribution in [-0.4, -0.2) is 36.4 Å². The lowest BCUT2D eigenvalue weighted by Crippen LogP contribution is -2.35. The van der Waals surface area contributed by atoms with Gasteiger partial charge < -0.3 is 14.7 Å². The molecule has 0 bridgehead atoms. The van der Waals surface area contributed by atoms with Crippen molar-refractivity contribution in [3.63, 3.8) is 0 Å². The minimum Gasteiger partial charge on any atom is -0.468 e. The number of hydrogen-bond acceptors (Lipinski definition) is 3. The molecule has 0 saturated heterocycles. The van der Waals surface area contributed by atoms with Crippen LogP contribution in [0.1, 0.15) is 17.4 Å². The minimum absolute atomic E-state index is 0.00755. The molecule has 2 N–H and O–H groups in total. The first-order valence-electron chi connectivity index (χ1n) is 7.66. The van der Waals surface area contributed by atoms with Crippen molar-refractivity contribution in [3.8, 4) is 0 Å². The van der Waals surface area contributed by atoms with Gasteiger partial charge in [0.2, 0.25) is 5.91 Å². The van der Waals surface area contributed by atoms with Crippen LogP contribution in [-0.2, 0) is 11.2 Å². The van der Waals surface area contributed by atoms with Crippen LogP contribution < -0.4 is 5.32 Å². The fraction of sp³-hybridized carbons (Fsp3) is 0.278. The molecule has 0 spiro atoms. The highest BCUT2D eigenvalue weighted by molar-refractivity contribution is 5.88. The summed E-state index contributed by atoms with van der Waals surface area (Å²) in [6.45, 7) is 0.516. The van der Waals surface area contributed by atoms with E-state index in [1.807, 2.05) is 61.6 Å². The summed E-state index contributed by atoms with van der Waals surface area (Å²) in [5.41, 5.74) is 2.06. The highest BCUT2D eigenvalue weighted by Gasteiger charge is 2.18. The predicted octanol–water partition coefficient (Wildman–Crippen LogP) is 2.72. The van der Waals surface area contributed by atoms with Crippen LogP contribution in [0.25, 0.3) is 10.9 Å². The van der Waals surface area contributed by atoms with Crippen molar-refractivity contribution in [2.75, 3.05) is 20.6 Å². The normalized spacial score (nSPS) is 12.7. The van der Waals surface area contributed by atoms with E-state index in [0.717, 1.165) is 22.2 Å². The van der Waals surface area contributed by atoms with Crippen molar-refractivity contribution in [2.45, 2.75) is 12.5 Å². The third-order valence-corrected chi connectivity index (χ3v) is 4.01. The van der Waals surface area contributed by atoms with Gasteiger partial charge >= 0.3 is 0 Å². The van der Waals surface area contributed by atoms with Crippen LogP contribution in [0.2, 0.25) is 0 Å². The number of hydrogen-bond donors (Lipinski definition) is 2. The first kappa shape index (κ1) is 15.4. The van der Waals surface area contributed by atoms with E-state index in [2.05, 4.69) is 10.3 Å². The molecule has 0 aliphatic heterocycles. The number of rotatable bonds is 6. The Morgan fingerprint density at radius 1 is 1.26 bits per heavy atom. The Labute approximate surface area is 135 Å². The summed E-state index contributed by atoms with van der Waals surface area (Å²) in [6.07, 6.45) is 3.92. The average molecular weight is 311 g/mol. The molecule has 1 aromatic carbocycles. The number of aromatic nitrogens is 1. The molecule has 1 unspecified atom stereocenters. The van der Waals surface area contributed by atoms with E-state index in [-0.39, 0.29) is 11.9 Å². The van der Waals surface area contributed by atoms with Crippen LogP contribution in [0.3, 0.4) is 0 Å². The summed E-state index contributed by atoms with van der Waals surface area (Å²) < 4.78 is 5.45. The largest absolute Gasteiger partial charge is 0.468 e. The van der Waals surface area contributed by atoms with Crippen molar-refractivity contribution in [1.29, 1.82) is 0 Å². The first-order valence-corrected chi connectivity index (χ1v) is 7.66. The van der Waals surface area contributed by atoms with Gasteiger partial charge in [0, 0.05) is 23.6 Å². The lowest BCUT2D eigenvalue weighted by atomic mass is 10.1. The van der Waals surface area contributed by atoms with Crippen molar-refractivity contribution in [2.24, 2.45) is 0 Å². The second-order valence-corrected chi connectivity index (χ2v) is 5.84. The van der Waals surface area contributed by atoms with E-state index in [0.29, 0.717) is 13.0 Å². The Balaban J connectivity index is 1.63. The number of aromatic amines is 1. The Kier molecular flexibility index (Phi) is 4.48. The van der Waals surface area contributed by atoms with Crippen molar-refractivity contribution in [1.82, 2.24) is 15.2 Å². The molecule has 0 fully saturated rings. The Morgan fingerprint density at radius 3 is 2.83 bits per heavy atom. The molecule has 1 amide bonds. The van der Waals surface area contributed by atoms with E-state index in [1.54, 1.807) is 6.26 Å². The van der Waals surface area contributed by atoms with Crippen LogP contribution in [0.15, 0.2) is 53.3 Å². The molecule has 0 saturated carbocycles. The smallest absolute Gasteiger partial charge is 0.224 e. The van der Waals surface area contributed by atoms with E-state index >= 15 is 0 Å². The van der Waals surface area contributed by atoms with E-state index in [1.165, 1.54) is 0 Å². The number of nitrogens with one attached hydrogen (secondary N) is 2. The summed E-state index contributed by atoms with van der Waals surface area (Å²) in [6, 6.07) is 11.8. The average Bonchev–Trinajstić information content (AvgIpc) is 3.18. The Bertz CT molecular complexity index is 775. The number of H-pyrrole nitrogens is 1. The van der Waals surface area contributed by atoms with Gasteiger partial charge in [-0.2, -0.15) is 0 Å². The summed E-state index contributed by atoms with van der Waals surface area (Å²) >= 11 is 0. The lowest BCUT2D eigenvalue weighted by molar-refractivity contribution is -0.120. The van der Waals surface area contributed by atoms with Gasteiger partial charge in [0.25, 0.3) is 0 Å². The van der Waals surface area contributed by atoms with Crippen LogP contribution in [0.5, 0.6) is 0 Å². The topological polar surface area (TPSA) is 61.3 Å². The molecular formula is C18H21N3O2. The molecule has 3 aromatic rings. The zero-order valence-corrected chi connectivity index (χ0v) is 13.4. The number of para-hydroxylation sites is 1. The quantitative estimate of drug-likeness (QED) is 0.736. The number of likely N-dealkylation sites (N-methyl/N-ethyl adjacent to an activating group) is 1. The second kappa shape index (κ2) is 6.71. The van der Waals surface area contributed by atoms with Gasteiger partial charge in [0.15, 0.2) is 0 Å². The number of benzene rings is 1. The van der Waals surface area contributed by atoms with Gasteiger partial charge in [-0.3, -0.25) is 9.69 Å². The maximum atomic E-state index is 12.3. The van der Waals surface area contributed by atoms with E-state index in [9.17, 15) is 4.79 Å². The fourth-order valence-corrected chi connectivity index (χ4v) is 2.74.